The number of halogens is 2. The van der Waals surface area contributed by atoms with Crippen molar-refractivity contribution in [1.29, 1.82) is 0 Å². The lowest BCUT2D eigenvalue weighted by Crippen LogP contribution is -2.45. The van der Waals surface area contributed by atoms with Gasteiger partial charge in [-0.2, -0.15) is 0 Å². The molecule has 1 N–H and O–H groups in total. The molecule has 76 valence electrons. The van der Waals surface area contributed by atoms with Crippen molar-refractivity contribution in [3.63, 3.8) is 0 Å². The van der Waals surface area contributed by atoms with Crippen LogP contribution in [0, 0.1) is 5.82 Å². The minimum atomic E-state index is -0.300. The highest BCUT2D eigenvalue weighted by molar-refractivity contribution is 6.31. The molecule has 0 atom stereocenters. The van der Waals surface area contributed by atoms with Crippen LogP contribution in [0.2, 0.25) is 5.02 Å². The molecule has 0 aromatic heterocycles. The summed E-state index contributed by atoms with van der Waals surface area (Å²) < 4.78 is 17.7. The molecule has 0 spiro atoms. The second-order valence-corrected chi connectivity index (χ2v) is 3.76. The topological polar surface area (TPSA) is 21.3 Å². The number of rotatable bonds is 3. The average molecular weight is 216 g/mol. The van der Waals surface area contributed by atoms with Gasteiger partial charge in [-0.1, -0.05) is 17.7 Å². The van der Waals surface area contributed by atoms with Crippen LogP contribution in [0.15, 0.2) is 18.2 Å². The fraction of sp³-hybridized carbons (Fsp3) is 0.400. The molecule has 14 heavy (non-hydrogen) atoms. The third-order valence-corrected chi connectivity index (χ3v) is 2.59. The van der Waals surface area contributed by atoms with Crippen LogP contribution in [0.5, 0.6) is 0 Å². The summed E-state index contributed by atoms with van der Waals surface area (Å²) >= 11 is 5.86. The van der Waals surface area contributed by atoms with Gasteiger partial charge >= 0.3 is 0 Å². The second kappa shape index (κ2) is 4.26. The van der Waals surface area contributed by atoms with Crippen molar-refractivity contribution in [3.8, 4) is 0 Å². The molecule has 0 radical (unpaired) electrons. The van der Waals surface area contributed by atoms with Crippen LogP contribution >= 0.6 is 11.6 Å². The summed E-state index contributed by atoms with van der Waals surface area (Å²) in [5.41, 5.74) is 0.917. The second-order valence-electron chi connectivity index (χ2n) is 3.35. The molecule has 1 aliphatic heterocycles. The molecule has 1 saturated heterocycles. The maximum absolute atomic E-state index is 12.7. The Labute approximate surface area is 87.0 Å². The monoisotopic (exact) mass is 215 g/mol. The molecule has 2 nitrogen and oxygen atoms in total. The van der Waals surface area contributed by atoms with Gasteiger partial charge in [0.15, 0.2) is 0 Å². The summed E-state index contributed by atoms with van der Waals surface area (Å²) in [6.07, 6.45) is 0. The Bertz CT molecular complexity index is 328. The van der Waals surface area contributed by atoms with Gasteiger partial charge in [0.05, 0.1) is 19.3 Å². The molecule has 0 unspecified atom stereocenters. The van der Waals surface area contributed by atoms with Gasteiger partial charge in [-0.15, -0.1) is 0 Å². The smallest absolute Gasteiger partial charge is 0.124 e. The van der Waals surface area contributed by atoms with E-state index in [4.69, 9.17) is 16.3 Å². The van der Waals surface area contributed by atoms with Crippen molar-refractivity contribution >= 4 is 11.6 Å². The third-order valence-electron chi connectivity index (χ3n) is 2.23. The van der Waals surface area contributed by atoms with E-state index in [1.807, 2.05) is 0 Å². The standard InChI is InChI=1S/C10H11ClFNO/c11-10-3-8(12)2-1-7(10)4-13-9-5-14-6-9/h1-3,9,13H,4-6H2. The zero-order valence-electron chi connectivity index (χ0n) is 7.59. The first-order chi connectivity index (χ1) is 6.75. The minimum absolute atomic E-state index is 0.300. The molecule has 0 aliphatic carbocycles. The van der Waals surface area contributed by atoms with E-state index >= 15 is 0 Å². The largest absolute Gasteiger partial charge is 0.378 e. The van der Waals surface area contributed by atoms with Gasteiger partial charge in [0.25, 0.3) is 0 Å². The molecular weight excluding hydrogens is 205 g/mol. The van der Waals surface area contributed by atoms with Crippen LogP contribution in [0.1, 0.15) is 5.56 Å². The molecule has 1 heterocycles. The maximum atomic E-state index is 12.7. The van der Waals surface area contributed by atoms with Crippen molar-refractivity contribution in [2.24, 2.45) is 0 Å². The van der Waals surface area contributed by atoms with Gasteiger partial charge in [0.1, 0.15) is 5.82 Å². The van der Waals surface area contributed by atoms with E-state index in [-0.39, 0.29) is 5.82 Å². The van der Waals surface area contributed by atoms with E-state index < -0.39 is 0 Å². The Hall–Kier alpha value is -0.640. The summed E-state index contributed by atoms with van der Waals surface area (Å²) in [7, 11) is 0. The fourth-order valence-corrected chi connectivity index (χ4v) is 1.51. The minimum Gasteiger partial charge on any atom is -0.378 e. The Kier molecular flexibility index (Phi) is 3.01. The summed E-state index contributed by atoms with van der Waals surface area (Å²) in [4.78, 5) is 0. The summed E-state index contributed by atoms with van der Waals surface area (Å²) in [6.45, 7) is 2.16. The van der Waals surface area contributed by atoms with Crippen LogP contribution in [0.25, 0.3) is 0 Å². The van der Waals surface area contributed by atoms with E-state index in [1.54, 1.807) is 6.07 Å². The normalized spacial score (nSPS) is 16.7. The molecule has 2 rings (SSSR count). The van der Waals surface area contributed by atoms with Crippen molar-refractivity contribution < 1.29 is 9.13 Å². The highest BCUT2D eigenvalue weighted by atomic mass is 35.5. The summed E-state index contributed by atoms with van der Waals surface area (Å²) in [5, 5.41) is 3.73. The zero-order chi connectivity index (χ0) is 9.97. The Morgan fingerprint density at radius 3 is 2.86 bits per heavy atom. The lowest BCUT2D eigenvalue weighted by atomic mass is 10.2. The van der Waals surface area contributed by atoms with E-state index in [0.717, 1.165) is 18.8 Å². The van der Waals surface area contributed by atoms with E-state index in [0.29, 0.717) is 17.6 Å². The number of benzene rings is 1. The Morgan fingerprint density at radius 1 is 1.50 bits per heavy atom. The number of ether oxygens (including phenoxy) is 1. The van der Waals surface area contributed by atoms with Crippen LogP contribution in [0.4, 0.5) is 4.39 Å². The van der Waals surface area contributed by atoms with E-state index in [1.165, 1.54) is 12.1 Å². The van der Waals surface area contributed by atoms with Crippen molar-refractivity contribution in [2.45, 2.75) is 12.6 Å². The number of hydrogen-bond donors (Lipinski definition) is 1. The van der Waals surface area contributed by atoms with Gasteiger partial charge in [-0.05, 0) is 17.7 Å². The SMILES string of the molecule is Fc1ccc(CNC2COC2)c(Cl)c1. The van der Waals surface area contributed by atoms with Crippen LogP contribution in [-0.2, 0) is 11.3 Å². The van der Waals surface area contributed by atoms with Gasteiger partial charge < -0.3 is 10.1 Å². The lowest BCUT2D eigenvalue weighted by molar-refractivity contribution is -0.00578. The summed E-state index contributed by atoms with van der Waals surface area (Å²) in [5.74, 6) is -0.300. The van der Waals surface area contributed by atoms with Crippen LogP contribution in [0.3, 0.4) is 0 Å². The maximum Gasteiger partial charge on any atom is 0.124 e. The first kappa shape index (κ1) is 9.90. The quantitative estimate of drug-likeness (QED) is 0.833. The van der Waals surface area contributed by atoms with Gasteiger partial charge in [0.2, 0.25) is 0 Å². The predicted octanol–water partition coefficient (Wildman–Crippen LogP) is 1.97. The van der Waals surface area contributed by atoms with E-state index in [9.17, 15) is 4.39 Å². The Morgan fingerprint density at radius 2 is 2.29 bits per heavy atom. The molecule has 1 aromatic rings. The van der Waals surface area contributed by atoms with Crippen molar-refractivity contribution in [2.75, 3.05) is 13.2 Å². The van der Waals surface area contributed by atoms with Crippen LogP contribution < -0.4 is 5.32 Å². The van der Waals surface area contributed by atoms with Gasteiger partial charge in [-0.25, -0.2) is 4.39 Å². The predicted molar refractivity (Wildman–Crippen MR) is 52.9 cm³/mol. The molecule has 1 aromatic carbocycles. The van der Waals surface area contributed by atoms with E-state index in [2.05, 4.69) is 5.32 Å². The average Bonchev–Trinajstić information content (AvgIpc) is 2.05. The first-order valence-electron chi connectivity index (χ1n) is 4.51. The van der Waals surface area contributed by atoms with Crippen molar-refractivity contribution in [1.82, 2.24) is 5.32 Å². The molecule has 0 amide bonds. The van der Waals surface area contributed by atoms with Gasteiger partial charge in [0, 0.05) is 11.6 Å². The Balaban J connectivity index is 1.94. The first-order valence-corrected chi connectivity index (χ1v) is 4.88. The highest BCUT2D eigenvalue weighted by Crippen LogP contribution is 2.17. The third kappa shape index (κ3) is 2.23. The van der Waals surface area contributed by atoms with Crippen molar-refractivity contribution in [3.05, 3.63) is 34.6 Å². The molecular formula is C10H11ClFNO. The van der Waals surface area contributed by atoms with Crippen LogP contribution in [-0.4, -0.2) is 19.3 Å². The zero-order valence-corrected chi connectivity index (χ0v) is 8.35. The highest BCUT2D eigenvalue weighted by Gasteiger charge is 2.17. The molecule has 1 fully saturated rings. The molecule has 0 saturated carbocycles. The number of nitrogens with one attached hydrogen (secondary N) is 1. The molecule has 4 heteroatoms. The number of hydrogen-bond acceptors (Lipinski definition) is 2. The fourth-order valence-electron chi connectivity index (χ4n) is 1.27. The molecule has 1 aliphatic rings. The lowest BCUT2D eigenvalue weighted by Gasteiger charge is -2.27. The molecule has 0 bridgehead atoms. The van der Waals surface area contributed by atoms with Gasteiger partial charge in [-0.3, -0.25) is 0 Å². The summed E-state index contributed by atoms with van der Waals surface area (Å²) in [6, 6.07) is 4.86.